The van der Waals surface area contributed by atoms with Crippen LogP contribution in [0, 0.1) is 0 Å². The molecule has 1 aromatic carbocycles. The number of carbonyl (C=O) groups excluding carboxylic acids is 1. The van der Waals surface area contributed by atoms with Crippen LogP contribution < -0.4 is 5.32 Å². The number of hydrogen-bond donors (Lipinski definition) is 2. The van der Waals surface area contributed by atoms with E-state index in [1.165, 1.54) is 12.1 Å². The minimum atomic E-state index is -3.01. The molecule has 0 aliphatic carbocycles. The first-order valence-electron chi connectivity index (χ1n) is 6.22. The first-order chi connectivity index (χ1) is 8.94. The summed E-state index contributed by atoms with van der Waals surface area (Å²) in [5, 5.41) is 12.0. The van der Waals surface area contributed by atoms with Crippen LogP contribution in [0.5, 0.6) is 5.75 Å². The molecule has 1 saturated heterocycles. The Morgan fingerprint density at radius 3 is 2.89 bits per heavy atom. The molecule has 0 spiro atoms. The average Bonchev–Trinajstić information content (AvgIpc) is 2.27. The highest BCUT2D eigenvalue weighted by Crippen LogP contribution is 2.14. The molecule has 0 saturated carbocycles. The fourth-order valence-corrected chi connectivity index (χ4v) is 3.90. The molecule has 1 fully saturated rings. The van der Waals surface area contributed by atoms with Crippen molar-refractivity contribution >= 4 is 15.7 Å². The third-order valence-corrected chi connectivity index (χ3v) is 4.92. The number of phenolic OH excluding ortho intramolecular Hbond substituents is 1. The quantitative estimate of drug-likeness (QED) is 0.852. The summed E-state index contributed by atoms with van der Waals surface area (Å²) < 4.78 is 22.9. The molecule has 1 unspecified atom stereocenters. The molecule has 19 heavy (non-hydrogen) atoms. The third kappa shape index (κ3) is 4.24. The van der Waals surface area contributed by atoms with E-state index in [0.29, 0.717) is 18.4 Å². The smallest absolute Gasteiger partial charge is 0.224 e. The van der Waals surface area contributed by atoms with Gasteiger partial charge in [0, 0.05) is 6.04 Å². The zero-order chi connectivity index (χ0) is 13.9. The Bertz CT molecular complexity index is 568. The number of amides is 1. The van der Waals surface area contributed by atoms with Gasteiger partial charge in [0.15, 0.2) is 9.84 Å². The van der Waals surface area contributed by atoms with Gasteiger partial charge < -0.3 is 10.4 Å². The van der Waals surface area contributed by atoms with E-state index in [1.807, 2.05) is 0 Å². The van der Waals surface area contributed by atoms with Crippen molar-refractivity contribution in [1.82, 2.24) is 5.32 Å². The highest BCUT2D eigenvalue weighted by atomic mass is 32.2. The van der Waals surface area contributed by atoms with E-state index < -0.39 is 9.84 Å². The molecule has 0 bridgehead atoms. The van der Waals surface area contributed by atoms with Gasteiger partial charge in [-0.15, -0.1) is 0 Å². The fourth-order valence-electron chi connectivity index (χ4n) is 2.27. The number of phenols is 1. The summed E-state index contributed by atoms with van der Waals surface area (Å²) in [6.07, 6.45) is 1.44. The molecular formula is C13H17NO4S. The Morgan fingerprint density at radius 2 is 2.21 bits per heavy atom. The number of benzene rings is 1. The topological polar surface area (TPSA) is 83.5 Å². The summed E-state index contributed by atoms with van der Waals surface area (Å²) in [4.78, 5) is 11.8. The van der Waals surface area contributed by atoms with Crippen molar-refractivity contribution < 1.29 is 18.3 Å². The van der Waals surface area contributed by atoms with Gasteiger partial charge >= 0.3 is 0 Å². The van der Waals surface area contributed by atoms with E-state index in [1.54, 1.807) is 12.1 Å². The fraction of sp³-hybridized carbons (Fsp3) is 0.462. The molecule has 1 heterocycles. The predicted molar refractivity (Wildman–Crippen MR) is 71.6 cm³/mol. The van der Waals surface area contributed by atoms with Crippen LogP contribution in [0.2, 0.25) is 0 Å². The van der Waals surface area contributed by atoms with E-state index in [-0.39, 0.29) is 35.6 Å². The van der Waals surface area contributed by atoms with Crippen LogP contribution in [-0.2, 0) is 21.1 Å². The Hall–Kier alpha value is -1.56. The van der Waals surface area contributed by atoms with Crippen LogP contribution in [0.4, 0.5) is 0 Å². The summed E-state index contributed by atoms with van der Waals surface area (Å²) in [7, 11) is -3.01. The molecule has 2 rings (SSSR count). The molecule has 2 N–H and O–H groups in total. The van der Waals surface area contributed by atoms with Gasteiger partial charge in [0.2, 0.25) is 5.91 Å². The number of carbonyl (C=O) groups is 1. The second-order valence-corrected chi connectivity index (χ2v) is 7.10. The third-order valence-electron chi connectivity index (χ3n) is 3.10. The Labute approximate surface area is 112 Å². The second kappa shape index (κ2) is 5.61. The summed E-state index contributed by atoms with van der Waals surface area (Å²) >= 11 is 0. The first kappa shape index (κ1) is 13.9. The molecule has 1 aliphatic heterocycles. The number of hydrogen-bond acceptors (Lipinski definition) is 4. The zero-order valence-electron chi connectivity index (χ0n) is 10.5. The summed E-state index contributed by atoms with van der Waals surface area (Å²) in [6, 6.07) is 6.19. The molecule has 1 atom stereocenters. The predicted octanol–water partition coefficient (Wildman–Crippen LogP) is 0.628. The minimum Gasteiger partial charge on any atom is -0.508 e. The highest BCUT2D eigenvalue weighted by molar-refractivity contribution is 7.91. The van der Waals surface area contributed by atoms with Crippen LogP contribution in [0.25, 0.3) is 0 Å². The lowest BCUT2D eigenvalue weighted by molar-refractivity contribution is -0.121. The zero-order valence-corrected chi connectivity index (χ0v) is 11.3. The maximum atomic E-state index is 11.8. The number of sulfone groups is 1. The van der Waals surface area contributed by atoms with Crippen LogP contribution in [0.1, 0.15) is 18.4 Å². The SMILES string of the molecule is O=C(Cc1cccc(O)c1)NC1CCCS(=O)(=O)C1. The Balaban J connectivity index is 1.91. The molecule has 104 valence electrons. The molecule has 1 aromatic rings. The molecule has 1 aliphatic rings. The van der Waals surface area contributed by atoms with E-state index >= 15 is 0 Å². The standard InChI is InChI=1S/C13H17NO4S/c15-12-5-1-3-10(7-12)8-13(16)14-11-4-2-6-19(17,18)9-11/h1,3,5,7,11,15H,2,4,6,8-9H2,(H,14,16). The van der Waals surface area contributed by atoms with Crippen molar-refractivity contribution in [1.29, 1.82) is 0 Å². The molecule has 0 aromatic heterocycles. The van der Waals surface area contributed by atoms with Gasteiger partial charge in [0.05, 0.1) is 17.9 Å². The number of aromatic hydroxyl groups is 1. The van der Waals surface area contributed by atoms with Crippen molar-refractivity contribution in [3.05, 3.63) is 29.8 Å². The lowest BCUT2D eigenvalue weighted by Crippen LogP contribution is -2.43. The maximum Gasteiger partial charge on any atom is 0.224 e. The molecule has 0 radical (unpaired) electrons. The highest BCUT2D eigenvalue weighted by Gasteiger charge is 2.25. The monoisotopic (exact) mass is 283 g/mol. The van der Waals surface area contributed by atoms with Crippen LogP contribution in [0.3, 0.4) is 0 Å². The van der Waals surface area contributed by atoms with Crippen LogP contribution >= 0.6 is 0 Å². The first-order valence-corrected chi connectivity index (χ1v) is 8.04. The van der Waals surface area contributed by atoms with Crippen molar-refractivity contribution in [2.75, 3.05) is 11.5 Å². The van der Waals surface area contributed by atoms with Crippen LogP contribution in [-0.4, -0.2) is 37.0 Å². The van der Waals surface area contributed by atoms with Crippen molar-refractivity contribution in [2.45, 2.75) is 25.3 Å². The molecule has 1 amide bonds. The maximum absolute atomic E-state index is 11.8. The Kier molecular flexibility index (Phi) is 4.09. The van der Waals surface area contributed by atoms with Gasteiger partial charge in [-0.25, -0.2) is 8.42 Å². The normalized spacial score (nSPS) is 21.8. The van der Waals surface area contributed by atoms with Crippen molar-refractivity contribution in [3.8, 4) is 5.75 Å². The summed E-state index contributed by atoms with van der Waals surface area (Å²) in [5.41, 5.74) is 0.705. The average molecular weight is 283 g/mol. The number of nitrogens with one attached hydrogen (secondary N) is 1. The molecule has 6 heteroatoms. The molecule has 5 nitrogen and oxygen atoms in total. The van der Waals surface area contributed by atoms with Crippen molar-refractivity contribution in [3.63, 3.8) is 0 Å². The van der Waals surface area contributed by atoms with Gasteiger partial charge in [0.1, 0.15) is 5.75 Å². The van der Waals surface area contributed by atoms with Gasteiger partial charge in [-0.1, -0.05) is 12.1 Å². The van der Waals surface area contributed by atoms with E-state index in [2.05, 4.69) is 5.32 Å². The molecular weight excluding hydrogens is 266 g/mol. The van der Waals surface area contributed by atoms with Gasteiger partial charge in [-0.05, 0) is 30.5 Å². The van der Waals surface area contributed by atoms with E-state index in [9.17, 15) is 18.3 Å². The lowest BCUT2D eigenvalue weighted by atomic mass is 10.1. The second-order valence-electron chi connectivity index (χ2n) is 4.87. The van der Waals surface area contributed by atoms with Crippen LogP contribution in [0.15, 0.2) is 24.3 Å². The lowest BCUT2D eigenvalue weighted by Gasteiger charge is -2.23. The van der Waals surface area contributed by atoms with Gasteiger partial charge in [0.25, 0.3) is 0 Å². The minimum absolute atomic E-state index is 0.0266. The largest absolute Gasteiger partial charge is 0.508 e. The van der Waals surface area contributed by atoms with Crippen molar-refractivity contribution in [2.24, 2.45) is 0 Å². The van der Waals surface area contributed by atoms with E-state index in [4.69, 9.17) is 0 Å². The summed E-state index contributed by atoms with van der Waals surface area (Å²) in [5.74, 6) is 0.142. The van der Waals surface area contributed by atoms with E-state index in [0.717, 1.165) is 0 Å². The van der Waals surface area contributed by atoms with Gasteiger partial charge in [-0.2, -0.15) is 0 Å². The Morgan fingerprint density at radius 1 is 1.42 bits per heavy atom. The number of rotatable bonds is 3. The van der Waals surface area contributed by atoms with Gasteiger partial charge in [-0.3, -0.25) is 4.79 Å². The summed E-state index contributed by atoms with van der Waals surface area (Å²) in [6.45, 7) is 0.